The molecule has 1 atom stereocenters. The molecule has 1 unspecified atom stereocenters. The average molecular weight is 360 g/mol. The van der Waals surface area contributed by atoms with Crippen LogP contribution in [-0.2, 0) is 4.79 Å². The third kappa shape index (κ3) is 5.09. The molecule has 5 nitrogen and oxygen atoms in total. The van der Waals surface area contributed by atoms with E-state index in [1.807, 2.05) is 4.90 Å². The van der Waals surface area contributed by atoms with Crippen LogP contribution in [0.25, 0.3) is 0 Å². The van der Waals surface area contributed by atoms with Crippen LogP contribution in [0.4, 0.5) is 5.69 Å². The molecule has 2 rings (SSSR count). The maximum absolute atomic E-state index is 12.7. The lowest BCUT2D eigenvalue weighted by Crippen LogP contribution is -2.36. The molecule has 1 fully saturated rings. The van der Waals surface area contributed by atoms with E-state index in [0.29, 0.717) is 16.3 Å². The van der Waals surface area contributed by atoms with Crippen LogP contribution < -0.4 is 11.1 Å². The predicted octanol–water partition coefficient (Wildman–Crippen LogP) is 2.92. The Labute approximate surface area is 148 Å². The van der Waals surface area contributed by atoms with Crippen molar-refractivity contribution in [3.05, 3.63) is 28.8 Å². The third-order valence-electron chi connectivity index (χ3n) is 3.91. The lowest BCUT2D eigenvalue weighted by Gasteiger charge is -2.27. The number of anilines is 1. The fourth-order valence-electron chi connectivity index (χ4n) is 2.44. The lowest BCUT2D eigenvalue weighted by molar-refractivity contribution is -0.119. The molecule has 1 heterocycles. The van der Waals surface area contributed by atoms with E-state index < -0.39 is 0 Å². The number of carbonyl (C=O) groups excluding carboxylic acids is 2. The Kier molecular flexibility index (Phi) is 7.82. The van der Waals surface area contributed by atoms with Gasteiger partial charge in [0.15, 0.2) is 0 Å². The first-order chi connectivity index (χ1) is 10.5. The summed E-state index contributed by atoms with van der Waals surface area (Å²) in [6.45, 7) is 3.51. The maximum atomic E-state index is 12.7. The van der Waals surface area contributed by atoms with Crippen LogP contribution in [0, 0.1) is 5.92 Å². The smallest absolute Gasteiger partial charge is 0.255 e. The quantitative estimate of drug-likeness (QED) is 0.867. The Hall–Kier alpha value is -1.30. The van der Waals surface area contributed by atoms with Gasteiger partial charge in [0, 0.05) is 30.6 Å². The summed E-state index contributed by atoms with van der Waals surface area (Å²) in [6.07, 6.45) is 3.19. The largest absolute Gasteiger partial charge is 0.339 e. The molecule has 7 heteroatoms. The van der Waals surface area contributed by atoms with Crippen molar-refractivity contribution in [2.75, 3.05) is 25.0 Å². The van der Waals surface area contributed by atoms with Gasteiger partial charge in [-0.15, -0.1) is 12.4 Å². The molecule has 1 aromatic carbocycles. The summed E-state index contributed by atoms with van der Waals surface area (Å²) in [7, 11) is 0. The Morgan fingerprint density at radius 2 is 1.96 bits per heavy atom. The number of nitrogens with zero attached hydrogens (tertiary/aromatic N) is 1. The van der Waals surface area contributed by atoms with Crippen LogP contribution in [0.3, 0.4) is 0 Å². The zero-order chi connectivity index (χ0) is 16.1. The number of hydrogen-bond donors (Lipinski definition) is 2. The minimum absolute atomic E-state index is 0. The van der Waals surface area contributed by atoms with Crippen LogP contribution in [0.15, 0.2) is 18.2 Å². The normalized spacial score (nSPS) is 15.5. The summed E-state index contributed by atoms with van der Waals surface area (Å²) in [5.41, 5.74) is 6.44. The molecule has 3 N–H and O–H groups in total. The van der Waals surface area contributed by atoms with Gasteiger partial charge < -0.3 is 16.0 Å². The first kappa shape index (κ1) is 19.7. The average Bonchev–Trinajstić information content (AvgIpc) is 2.54. The molecule has 0 spiro atoms. The number of carbonyl (C=O) groups is 2. The highest BCUT2D eigenvalue weighted by Gasteiger charge is 2.22. The van der Waals surface area contributed by atoms with E-state index in [4.69, 9.17) is 17.3 Å². The Bertz CT molecular complexity index is 560. The number of nitrogens with two attached hydrogens (primary N) is 1. The molecule has 23 heavy (non-hydrogen) atoms. The summed E-state index contributed by atoms with van der Waals surface area (Å²) in [4.78, 5) is 26.5. The van der Waals surface area contributed by atoms with E-state index in [0.717, 1.165) is 32.4 Å². The van der Waals surface area contributed by atoms with Gasteiger partial charge in [-0.3, -0.25) is 9.59 Å². The SMILES string of the molecule is CC(CN)C(=O)Nc1cc(Cl)ccc1C(=O)N1CCCCC1.Cl. The van der Waals surface area contributed by atoms with Gasteiger partial charge in [0.25, 0.3) is 5.91 Å². The highest BCUT2D eigenvalue weighted by atomic mass is 35.5. The molecule has 128 valence electrons. The van der Waals surface area contributed by atoms with Gasteiger partial charge in [-0.05, 0) is 37.5 Å². The highest BCUT2D eigenvalue weighted by Crippen LogP contribution is 2.24. The third-order valence-corrected chi connectivity index (χ3v) is 4.15. The second kappa shape index (κ2) is 9.11. The number of nitrogens with one attached hydrogen (secondary N) is 1. The summed E-state index contributed by atoms with van der Waals surface area (Å²) >= 11 is 6.00. The number of hydrogen-bond acceptors (Lipinski definition) is 3. The molecule has 0 aromatic heterocycles. The van der Waals surface area contributed by atoms with Crippen molar-refractivity contribution in [3.63, 3.8) is 0 Å². The van der Waals surface area contributed by atoms with Crippen LogP contribution in [0.2, 0.25) is 5.02 Å². The van der Waals surface area contributed by atoms with Crippen LogP contribution in [0.5, 0.6) is 0 Å². The molecular formula is C16H23Cl2N3O2. The Morgan fingerprint density at radius 3 is 2.57 bits per heavy atom. The maximum Gasteiger partial charge on any atom is 0.255 e. The van der Waals surface area contributed by atoms with Gasteiger partial charge in [-0.2, -0.15) is 0 Å². The number of benzene rings is 1. The van der Waals surface area contributed by atoms with Crippen molar-refractivity contribution in [2.24, 2.45) is 11.7 Å². The second-order valence-corrected chi connectivity index (χ2v) is 6.11. The van der Waals surface area contributed by atoms with Gasteiger partial charge in [0.05, 0.1) is 11.3 Å². The molecule has 1 saturated heterocycles. The molecule has 0 saturated carbocycles. The predicted molar refractivity (Wildman–Crippen MR) is 95.3 cm³/mol. The number of piperidine rings is 1. The number of likely N-dealkylation sites (tertiary alicyclic amines) is 1. The first-order valence-electron chi connectivity index (χ1n) is 7.62. The molecule has 1 aromatic rings. The van der Waals surface area contributed by atoms with Crippen LogP contribution in [0.1, 0.15) is 36.5 Å². The molecule has 1 aliphatic rings. The van der Waals surface area contributed by atoms with Crippen LogP contribution >= 0.6 is 24.0 Å². The van der Waals surface area contributed by atoms with Gasteiger partial charge in [-0.25, -0.2) is 0 Å². The summed E-state index contributed by atoms with van der Waals surface area (Å²) in [5, 5.41) is 3.25. The minimum Gasteiger partial charge on any atom is -0.339 e. The summed E-state index contributed by atoms with van der Waals surface area (Å²) < 4.78 is 0. The first-order valence-corrected chi connectivity index (χ1v) is 8.00. The standard InChI is InChI=1S/C16H22ClN3O2.ClH/c1-11(10-18)15(21)19-14-9-12(17)5-6-13(14)16(22)20-7-3-2-4-8-20;/h5-6,9,11H,2-4,7-8,10,18H2,1H3,(H,19,21);1H. The van der Waals surface area contributed by atoms with Crippen molar-refractivity contribution in [3.8, 4) is 0 Å². The number of amides is 2. The second-order valence-electron chi connectivity index (χ2n) is 5.67. The van der Waals surface area contributed by atoms with Gasteiger partial charge in [0.1, 0.15) is 0 Å². The van der Waals surface area contributed by atoms with Crippen molar-refractivity contribution in [1.82, 2.24) is 4.90 Å². The molecule has 2 amide bonds. The van der Waals surface area contributed by atoms with Gasteiger partial charge >= 0.3 is 0 Å². The molecule has 0 bridgehead atoms. The van der Waals surface area contributed by atoms with E-state index in [9.17, 15) is 9.59 Å². The highest BCUT2D eigenvalue weighted by molar-refractivity contribution is 6.31. The van der Waals surface area contributed by atoms with E-state index in [1.54, 1.807) is 25.1 Å². The molecule has 1 aliphatic heterocycles. The van der Waals surface area contributed by atoms with Crippen molar-refractivity contribution in [1.29, 1.82) is 0 Å². The fraction of sp³-hybridized carbons (Fsp3) is 0.500. The van der Waals surface area contributed by atoms with Crippen molar-refractivity contribution in [2.45, 2.75) is 26.2 Å². The topological polar surface area (TPSA) is 75.4 Å². The van der Waals surface area contributed by atoms with Crippen molar-refractivity contribution < 1.29 is 9.59 Å². The number of rotatable bonds is 4. The minimum atomic E-state index is -0.322. The monoisotopic (exact) mass is 359 g/mol. The van der Waals surface area contributed by atoms with Crippen LogP contribution in [-0.4, -0.2) is 36.3 Å². The van der Waals surface area contributed by atoms with E-state index in [2.05, 4.69) is 5.32 Å². The Morgan fingerprint density at radius 1 is 1.30 bits per heavy atom. The van der Waals surface area contributed by atoms with Crippen molar-refractivity contribution >= 4 is 41.5 Å². The zero-order valence-corrected chi connectivity index (χ0v) is 14.8. The lowest BCUT2D eigenvalue weighted by atomic mass is 10.1. The zero-order valence-electron chi connectivity index (χ0n) is 13.2. The van der Waals surface area contributed by atoms with E-state index in [1.165, 1.54) is 0 Å². The van der Waals surface area contributed by atoms with E-state index >= 15 is 0 Å². The van der Waals surface area contributed by atoms with Gasteiger partial charge in [0.2, 0.25) is 5.91 Å². The fourth-order valence-corrected chi connectivity index (χ4v) is 2.61. The number of halogens is 2. The molecule has 0 aliphatic carbocycles. The summed E-state index contributed by atoms with van der Waals surface area (Å²) in [5.74, 6) is -0.596. The van der Waals surface area contributed by atoms with Gasteiger partial charge in [-0.1, -0.05) is 18.5 Å². The van der Waals surface area contributed by atoms with E-state index in [-0.39, 0.29) is 36.7 Å². The molecule has 0 radical (unpaired) electrons. The Balaban J connectivity index is 0.00000264. The summed E-state index contributed by atoms with van der Waals surface area (Å²) in [6, 6.07) is 4.95. The molecular weight excluding hydrogens is 337 g/mol.